The highest BCUT2D eigenvalue weighted by atomic mass is 127. The van der Waals surface area contributed by atoms with E-state index in [1.54, 1.807) is 0 Å². The molecular formula is C6H3BrClI. The average Bonchev–Trinajstić information content (AvgIpc) is 1.83. The van der Waals surface area contributed by atoms with Crippen LogP contribution in [0.4, 0.5) is 0 Å². The maximum absolute atomic E-state index is 5.78. The van der Waals surface area contributed by atoms with E-state index in [0.29, 0.717) is 0 Å². The van der Waals surface area contributed by atoms with E-state index >= 15 is 0 Å². The first kappa shape index (κ1) is 7.82. The van der Waals surface area contributed by atoms with Gasteiger partial charge in [0.25, 0.3) is 0 Å². The van der Waals surface area contributed by atoms with Gasteiger partial charge in [0.1, 0.15) is 0 Å². The molecule has 0 aliphatic carbocycles. The third-order valence-corrected chi connectivity index (χ3v) is 4.10. The molecule has 0 spiro atoms. The monoisotopic (exact) mass is 316 g/mol. The Bertz CT molecular complexity index is 204. The first-order valence-corrected chi connectivity index (χ1v) is 4.56. The maximum atomic E-state index is 5.78. The van der Waals surface area contributed by atoms with Gasteiger partial charge in [0.05, 0.1) is 5.02 Å². The minimum absolute atomic E-state index is 0.796. The van der Waals surface area contributed by atoms with Gasteiger partial charge in [-0.3, -0.25) is 0 Å². The topological polar surface area (TPSA) is 0 Å². The molecular weight excluding hydrogens is 314 g/mol. The fourth-order valence-corrected chi connectivity index (χ4v) is 1.49. The molecule has 0 bridgehead atoms. The summed E-state index contributed by atoms with van der Waals surface area (Å²) < 4.78 is 2.12. The summed E-state index contributed by atoms with van der Waals surface area (Å²) in [6.07, 6.45) is 0. The summed E-state index contributed by atoms with van der Waals surface area (Å²) in [4.78, 5) is 0. The van der Waals surface area contributed by atoms with E-state index < -0.39 is 0 Å². The molecule has 0 atom stereocenters. The zero-order valence-electron chi connectivity index (χ0n) is 4.37. The summed E-state index contributed by atoms with van der Waals surface area (Å²) in [6.45, 7) is 0. The van der Waals surface area contributed by atoms with Gasteiger partial charge in [-0.15, -0.1) is 0 Å². The van der Waals surface area contributed by atoms with Gasteiger partial charge in [0.2, 0.25) is 0 Å². The van der Waals surface area contributed by atoms with Crippen LogP contribution in [0.1, 0.15) is 0 Å². The van der Waals surface area contributed by atoms with Crippen molar-refractivity contribution >= 4 is 50.1 Å². The quantitative estimate of drug-likeness (QED) is 0.505. The van der Waals surface area contributed by atoms with Crippen LogP contribution in [0.3, 0.4) is 0 Å². The van der Waals surface area contributed by atoms with Crippen molar-refractivity contribution < 1.29 is 0 Å². The predicted molar refractivity (Wildman–Crippen MR) is 51.9 cm³/mol. The van der Waals surface area contributed by atoms with Gasteiger partial charge in [-0.25, -0.2) is 0 Å². The molecule has 0 saturated heterocycles. The van der Waals surface area contributed by atoms with Crippen LogP contribution in [-0.4, -0.2) is 0 Å². The van der Waals surface area contributed by atoms with Crippen molar-refractivity contribution in [3.63, 3.8) is 0 Å². The molecule has 9 heavy (non-hydrogen) atoms. The minimum atomic E-state index is 0.796. The lowest BCUT2D eigenvalue weighted by Gasteiger charge is -1.95. The number of hydrogen-bond donors (Lipinski definition) is 0. The smallest absolute Gasteiger partial charge is 0.0550 e. The van der Waals surface area contributed by atoms with Crippen LogP contribution in [0.2, 0.25) is 5.02 Å². The Balaban J connectivity index is 3.25. The minimum Gasteiger partial charge on any atom is -0.0831 e. The Labute approximate surface area is 80.9 Å². The molecule has 0 nitrogen and oxygen atoms in total. The lowest BCUT2D eigenvalue weighted by molar-refractivity contribution is 1.59. The van der Waals surface area contributed by atoms with E-state index in [9.17, 15) is 0 Å². The van der Waals surface area contributed by atoms with Crippen LogP contribution in [0.5, 0.6) is 0 Å². The van der Waals surface area contributed by atoms with Crippen molar-refractivity contribution in [2.45, 2.75) is 0 Å². The lowest BCUT2D eigenvalue weighted by atomic mass is 10.4. The summed E-state index contributed by atoms with van der Waals surface area (Å²) in [5, 5.41) is 0.796. The molecule has 0 radical (unpaired) electrons. The van der Waals surface area contributed by atoms with Crippen LogP contribution in [0.15, 0.2) is 22.7 Å². The molecule has 0 aromatic heterocycles. The van der Waals surface area contributed by atoms with Gasteiger partial charge in [0, 0.05) is 8.04 Å². The number of benzene rings is 1. The van der Waals surface area contributed by atoms with Crippen LogP contribution < -0.4 is 0 Å². The highest BCUT2D eigenvalue weighted by Crippen LogP contribution is 2.25. The van der Waals surface area contributed by atoms with Gasteiger partial charge in [-0.1, -0.05) is 17.7 Å². The molecule has 0 unspecified atom stereocenters. The maximum Gasteiger partial charge on any atom is 0.0550 e. The fraction of sp³-hybridized carbons (Fsp3) is 0. The molecule has 1 aromatic rings. The summed E-state index contributed by atoms with van der Waals surface area (Å²) in [6, 6.07) is 5.75. The van der Waals surface area contributed by atoms with Crippen molar-refractivity contribution in [2.24, 2.45) is 0 Å². The van der Waals surface area contributed by atoms with Crippen LogP contribution >= 0.6 is 50.1 Å². The Morgan fingerprint density at radius 3 is 2.56 bits per heavy atom. The third kappa shape index (κ3) is 1.82. The van der Waals surface area contributed by atoms with E-state index in [1.165, 1.54) is 0 Å². The molecule has 0 N–H and O–H groups in total. The number of hydrogen-bond acceptors (Lipinski definition) is 0. The highest BCUT2D eigenvalue weighted by molar-refractivity contribution is 14.1. The Morgan fingerprint density at radius 2 is 2.11 bits per heavy atom. The summed E-state index contributed by atoms with van der Waals surface area (Å²) >= 11 is 11.3. The summed E-state index contributed by atoms with van der Waals surface area (Å²) in [5.41, 5.74) is 0. The van der Waals surface area contributed by atoms with Gasteiger partial charge < -0.3 is 0 Å². The number of rotatable bonds is 0. The van der Waals surface area contributed by atoms with E-state index in [1.807, 2.05) is 18.2 Å². The standard InChI is InChI=1S/C6H3BrClI/c7-4-2-1-3-5(8)6(4)9/h1-3H. The normalized spacial score (nSPS) is 9.67. The van der Waals surface area contributed by atoms with E-state index in [2.05, 4.69) is 38.5 Å². The van der Waals surface area contributed by atoms with Crippen LogP contribution in [0.25, 0.3) is 0 Å². The molecule has 1 aromatic carbocycles. The first-order valence-electron chi connectivity index (χ1n) is 2.31. The molecule has 0 fully saturated rings. The van der Waals surface area contributed by atoms with Crippen LogP contribution in [0, 0.1) is 3.57 Å². The van der Waals surface area contributed by atoms with Crippen LogP contribution in [-0.2, 0) is 0 Å². The van der Waals surface area contributed by atoms with Crippen molar-refractivity contribution in [1.29, 1.82) is 0 Å². The Kier molecular flexibility index (Phi) is 2.79. The SMILES string of the molecule is Clc1cccc(Br)c1I. The lowest BCUT2D eigenvalue weighted by Crippen LogP contribution is -1.73. The third-order valence-electron chi connectivity index (χ3n) is 0.904. The largest absolute Gasteiger partial charge is 0.0831 e. The summed E-state index contributed by atoms with van der Waals surface area (Å²) in [7, 11) is 0. The molecule has 0 heterocycles. The zero-order chi connectivity index (χ0) is 6.85. The highest BCUT2D eigenvalue weighted by Gasteiger charge is 1.97. The molecule has 0 amide bonds. The first-order chi connectivity index (χ1) is 4.22. The van der Waals surface area contributed by atoms with E-state index in [4.69, 9.17) is 11.6 Å². The van der Waals surface area contributed by atoms with E-state index in [0.717, 1.165) is 13.1 Å². The zero-order valence-corrected chi connectivity index (χ0v) is 8.87. The molecule has 1 rings (SSSR count). The number of halogens is 3. The van der Waals surface area contributed by atoms with Gasteiger partial charge >= 0.3 is 0 Å². The Hall–Kier alpha value is 0.720. The molecule has 0 aliphatic rings. The second kappa shape index (κ2) is 3.21. The summed E-state index contributed by atoms with van der Waals surface area (Å²) in [5.74, 6) is 0. The van der Waals surface area contributed by atoms with Gasteiger partial charge in [0.15, 0.2) is 0 Å². The average molecular weight is 317 g/mol. The molecule has 0 saturated carbocycles. The Morgan fingerprint density at radius 1 is 1.44 bits per heavy atom. The van der Waals surface area contributed by atoms with Gasteiger partial charge in [-0.2, -0.15) is 0 Å². The molecule has 3 heteroatoms. The fourth-order valence-electron chi connectivity index (χ4n) is 0.477. The second-order valence-electron chi connectivity index (χ2n) is 1.54. The van der Waals surface area contributed by atoms with Gasteiger partial charge in [-0.05, 0) is 50.7 Å². The van der Waals surface area contributed by atoms with Crippen molar-refractivity contribution in [2.75, 3.05) is 0 Å². The van der Waals surface area contributed by atoms with Crippen molar-refractivity contribution in [3.8, 4) is 0 Å². The van der Waals surface area contributed by atoms with Crippen molar-refractivity contribution in [3.05, 3.63) is 31.3 Å². The predicted octanol–water partition coefficient (Wildman–Crippen LogP) is 3.71. The second-order valence-corrected chi connectivity index (χ2v) is 3.88. The van der Waals surface area contributed by atoms with Crippen molar-refractivity contribution in [1.82, 2.24) is 0 Å². The molecule has 48 valence electrons. The van der Waals surface area contributed by atoms with E-state index in [-0.39, 0.29) is 0 Å². The molecule has 0 aliphatic heterocycles.